The highest BCUT2D eigenvalue weighted by molar-refractivity contribution is 6.00. The van der Waals surface area contributed by atoms with Gasteiger partial charge in [-0.25, -0.2) is 23.9 Å². The first-order chi connectivity index (χ1) is 21.8. The minimum atomic E-state index is -0.503. The summed E-state index contributed by atoms with van der Waals surface area (Å²) in [6.07, 6.45) is 8.16. The zero-order valence-corrected chi connectivity index (χ0v) is 25.1. The van der Waals surface area contributed by atoms with Crippen molar-refractivity contribution in [2.75, 3.05) is 57.1 Å². The summed E-state index contributed by atoms with van der Waals surface area (Å²) in [5, 5.41) is 7.92. The Morgan fingerprint density at radius 2 is 2.04 bits per heavy atom. The van der Waals surface area contributed by atoms with E-state index in [2.05, 4.69) is 30.3 Å². The average molecular weight is 610 g/mol. The van der Waals surface area contributed by atoms with Crippen LogP contribution < -0.4 is 19.7 Å². The van der Waals surface area contributed by atoms with Crippen molar-refractivity contribution in [3.8, 4) is 17.2 Å². The Kier molecular flexibility index (Phi) is 7.37. The number of nitrogens with one attached hydrogen (secondary N) is 1. The Morgan fingerprint density at radius 3 is 2.91 bits per heavy atom. The molecule has 230 valence electrons. The molecule has 0 saturated carbocycles. The molecule has 3 aromatic heterocycles. The van der Waals surface area contributed by atoms with Gasteiger partial charge in [-0.3, -0.25) is 4.79 Å². The third kappa shape index (κ3) is 5.57. The van der Waals surface area contributed by atoms with Crippen LogP contribution in [-0.2, 0) is 4.79 Å². The van der Waals surface area contributed by atoms with E-state index in [0.29, 0.717) is 72.4 Å². The summed E-state index contributed by atoms with van der Waals surface area (Å²) >= 11 is 0. The minimum absolute atomic E-state index is 0.00539. The monoisotopic (exact) mass is 609 g/mol. The van der Waals surface area contributed by atoms with Crippen LogP contribution in [0.1, 0.15) is 5.56 Å². The number of benzene rings is 2. The molecule has 12 nitrogen and oxygen atoms in total. The largest absolute Gasteiger partial charge is 0.488 e. The summed E-state index contributed by atoms with van der Waals surface area (Å²) in [6, 6.07) is 10.4. The van der Waals surface area contributed by atoms with Gasteiger partial charge in [0.25, 0.3) is 0 Å². The lowest BCUT2D eigenvalue weighted by Gasteiger charge is -2.45. The molecular formula is C32H32FN9O3. The van der Waals surface area contributed by atoms with Crippen molar-refractivity contribution in [2.45, 2.75) is 13.0 Å². The number of likely N-dealkylation sites (N-methyl/N-ethyl adjacent to an activating group) is 1. The number of pyridine rings is 1. The van der Waals surface area contributed by atoms with E-state index in [1.807, 2.05) is 49.0 Å². The predicted molar refractivity (Wildman–Crippen MR) is 168 cm³/mol. The molecule has 1 atom stereocenters. The lowest BCUT2D eigenvalue weighted by molar-refractivity contribution is -0.127. The zero-order chi connectivity index (χ0) is 31.1. The Labute approximate surface area is 258 Å². The van der Waals surface area contributed by atoms with Crippen LogP contribution in [0.15, 0.2) is 67.4 Å². The molecule has 5 aromatic rings. The zero-order valence-electron chi connectivity index (χ0n) is 25.1. The fourth-order valence-corrected chi connectivity index (χ4v) is 5.73. The number of aryl methyl sites for hydroxylation is 1. The van der Waals surface area contributed by atoms with Crippen LogP contribution >= 0.6 is 0 Å². The third-order valence-corrected chi connectivity index (χ3v) is 7.99. The summed E-state index contributed by atoms with van der Waals surface area (Å²) in [6.45, 7) is 4.77. The molecule has 5 heterocycles. The van der Waals surface area contributed by atoms with E-state index < -0.39 is 5.82 Å². The second kappa shape index (κ2) is 11.7. The van der Waals surface area contributed by atoms with Gasteiger partial charge in [-0.2, -0.15) is 5.10 Å². The van der Waals surface area contributed by atoms with Crippen molar-refractivity contribution in [3.05, 3.63) is 78.8 Å². The smallest absolute Gasteiger partial charge is 0.246 e. The number of piperazine rings is 1. The molecule has 2 aromatic carbocycles. The number of rotatable bonds is 7. The van der Waals surface area contributed by atoms with Crippen molar-refractivity contribution in [1.29, 1.82) is 0 Å². The van der Waals surface area contributed by atoms with Crippen molar-refractivity contribution in [3.63, 3.8) is 0 Å². The molecule has 1 fully saturated rings. The van der Waals surface area contributed by atoms with E-state index >= 15 is 4.39 Å². The first-order valence-electron chi connectivity index (χ1n) is 14.7. The molecule has 2 aliphatic rings. The molecule has 0 aliphatic carbocycles. The lowest BCUT2D eigenvalue weighted by Crippen LogP contribution is -2.58. The summed E-state index contributed by atoms with van der Waals surface area (Å²) in [5.41, 5.74) is 3.17. The minimum Gasteiger partial charge on any atom is -0.488 e. The molecule has 0 spiro atoms. The number of fused-ring (bicyclic) bond motifs is 6. The van der Waals surface area contributed by atoms with Crippen LogP contribution in [0.3, 0.4) is 0 Å². The molecule has 0 unspecified atom stereocenters. The SMILES string of the molecule is Cc1cc(Nc2ncnc3ccc4c(c23)OC[C@@H]2CN(C(=O)/C=C/CN(C)C)CCN42)c(F)cc1Oc1ccn2ncnc2c1. The second-order valence-corrected chi connectivity index (χ2v) is 11.4. The molecule has 13 heteroatoms. The summed E-state index contributed by atoms with van der Waals surface area (Å²) in [4.78, 5) is 32.0. The molecule has 45 heavy (non-hydrogen) atoms. The highest BCUT2D eigenvalue weighted by Crippen LogP contribution is 2.43. The number of hydrogen-bond acceptors (Lipinski definition) is 10. The quantitative estimate of drug-likeness (QED) is 0.270. The van der Waals surface area contributed by atoms with Crippen molar-refractivity contribution < 1.29 is 18.7 Å². The van der Waals surface area contributed by atoms with Crippen LogP contribution in [-0.4, -0.2) is 93.2 Å². The number of aromatic nitrogens is 5. The summed E-state index contributed by atoms with van der Waals surface area (Å²) in [5.74, 6) is 1.47. The van der Waals surface area contributed by atoms with Crippen molar-refractivity contribution >= 4 is 39.6 Å². The van der Waals surface area contributed by atoms with Crippen molar-refractivity contribution in [1.82, 2.24) is 34.4 Å². The van der Waals surface area contributed by atoms with E-state index in [1.165, 1.54) is 18.7 Å². The highest BCUT2D eigenvalue weighted by Gasteiger charge is 2.35. The number of nitrogens with zero attached hydrogens (tertiary/aromatic N) is 8. The fourth-order valence-electron chi connectivity index (χ4n) is 5.73. The number of anilines is 3. The first kappa shape index (κ1) is 28.5. The standard InChI is InChI=1S/C32H32FN9O3/c1-20-13-25(23(33)15-27(20)45-22-8-10-42-28(14-22)35-19-37-42)38-32-30-24(34-18-36-32)6-7-26-31(30)44-17-21-16-40(11-12-41(21)26)29(43)5-4-9-39(2)3/h4-8,10,13-15,18-19,21H,9,11-12,16-17H2,1-3H3,(H,34,36,38)/b5-4+/t21-/m0/s1. The van der Waals surface area contributed by atoms with Crippen LogP contribution in [0.5, 0.6) is 17.2 Å². The predicted octanol–water partition coefficient (Wildman–Crippen LogP) is 4.18. The van der Waals surface area contributed by atoms with E-state index in [9.17, 15) is 4.79 Å². The maximum Gasteiger partial charge on any atom is 0.246 e. The summed E-state index contributed by atoms with van der Waals surface area (Å²) in [7, 11) is 3.93. The van der Waals surface area contributed by atoms with Crippen LogP contribution in [0.4, 0.5) is 21.6 Å². The number of amides is 1. The van der Waals surface area contributed by atoms with E-state index in [1.54, 1.807) is 35.0 Å². The van der Waals surface area contributed by atoms with Crippen LogP contribution in [0.25, 0.3) is 16.6 Å². The second-order valence-electron chi connectivity index (χ2n) is 11.4. The van der Waals surface area contributed by atoms with Gasteiger partial charge in [0.1, 0.15) is 42.4 Å². The molecule has 0 bridgehead atoms. The number of carbonyl (C=O) groups excluding carboxylic acids is 1. The van der Waals surface area contributed by atoms with E-state index in [-0.39, 0.29) is 17.6 Å². The van der Waals surface area contributed by atoms with Crippen LogP contribution in [0.2, 0.25) is 0 Å². The Hall–Kier alpha value is -5.30. The average Bonchev–Trinajstić information content (AvgIpc) is 3.50. The van der Waals surface area contributed by atoms with E-state index in [4.69, 9.17) is 9.47 Å². The maximum absolute atomic E-state index is 15.5. The number of hydrogen-bond donors (Lipinski definition) is 1. The fraction of sp³-hybridized carbons (Fsp3) is 0.281. The molecular weight excluding hydrogens is 577 g/mol. The Bertz CT molecular complexity index is 1940. The third-order valence-electron chi connectivity index (χ3n) is 7.99. The molecule has 1 N–H and O–H groups in total. The van der Waals surface area contributed by atoms with Gasteiger partial charge in [-0.1, -0.05) is 6.08 Å². The molecule has 1 amide bonds. The van der Waals surface area contributed by atoms with Crippen LogP contribution in [0, 0.1) is 12.7 Å². The van der Waals surface area contributed by atoms with Gasteiger partial charge in [0.15, 0.2) is 11.4 Å². The van der Waals surface area contributed by atoms with Gasteiger partial charge in [0.05, 0.1) is 28.3 Å². The van der Waals surface area contributed by atoms with E-state index in [0.717, 1.165) is 11.3 Å². The number of halogens is 1. The normalized spacial score (nSPS) is 16.2. The van der Waals surface area contributed by atoms with Gasteiger partial charge in [0.2, 0.25) is 5.91 Å². The van der Waals surface area contributed by atoms with Gasteiger partial charge in [0, 0.05) is 50.6 Å². The molecule has 7 rings (SSSR count). The molecule has 2 aliphatic heterocycles. The maximum atomic E-state index is 15.5. The molecule has 0 radical (unpaired) electrons. The van der Waals surface area contributed by atoms with Gasteiger partial charge >= 0.3 is 0 Å². The number of carbonyl (C=O) groups is 1. The molecule has 1 saturated heterocycles. The Balaban J connectivity index is 1.13. The van der Waals surface area contributed by atoms with Gasteiger partial charge in [-0.05, 0) is 50.8 Å². The lowest BCUT2D eigenvalue weighted by atomic mass is 10.1. The van der Waals surface area contributed by atoms with Crippen molar-refractivity contribution in [2.24, 2.45) is 0 Å². The topological polar surface area (TPSA) is 113 Å². The Morgan fingerprint density at radius 1 is 1.16 bits per heavy atom. The highest BCUT2D eigenvalue weighted by atomic mass is 19.1. The summed E-state index contributed by atoms with van der Waals surface area (Å²) < 4.78 is 29.5. The first-order valence-corrected chi connectivity index (χ1v) is 14.7. The van der Waals surface area contributed by atoms with Gasteiger partial charge in [-0.15, -0.1) is 0 Å². The van der Waals surface area contributed by atoms with Gasteiger partial charge < -0.3 is 29.5 Å². The number of ether oxygens (including phenoxy) is 2.